The highest BCUT2D eigenvalue weighted by Crippen LogP contribution is 2.28. The Morgan fingerprint density at radius 1 is 1.47 bits per heavy atom. The zero-order valence-corrected chi connectivity index (χ0v) is 9.50. The fourth-order valence-electron chi connectivity index (χ4n) is 2.00. The third kappa shape index (κ3) is 3.03. The van der Waals surface area contributed by atoms with Gasteiger partial charge in [0, 0.05) is 12.7 Å². The molecule has 1 heterocycles. The van der Waals surface area contributed by atoms with Gasteiger partial charge < -0.3 is 5.32 Å². The summed E-state index contributed by atoms with van der Waals surface area (Å²) in [7, 11) is 0. The summed E-state index contributed by atoms with van der Waals surface area (Å²) >= 11 is 0. The summed E-state index contributed by atoms with van der Waals surface area (Å²) in [5.41, 5.74) is 2.47. The van der Waals surface area contributed by atoms with Crippen LogP contribution in [-0.4, -0.2) is 11.5 Å². The molecule has 2 heteroatoms. The SMILES string of the molecule is Cc1cccnc1CNCCC1CCC1. The quantitative estimate of drug-likeness (QED) is 0.746. The van der Waals surface area contributed by atoms with Gasteiger partial charge in [-0.05, 0) is 37.4 Å². The number of aryl methyl sites for hydroxylation is 1. The predicted octanol–water partition coefficient (Wildman–Crippen LogP) is 2.67. The molecule has 1 aliphatic rings. The lowest BCUT2D eigenvalue weighted by molar-refractivity contribution is 0.292. The van der Waals surface area contributed by atoms with Gasteiger partial charge >= 0.3 is 0 Å². The van der Waals surface area contributed by atoms with E-state index in [4.69, 9.17) is 0 Å². The molecule has 1 aromatic rings. The van der Waals surface area contributed by atoms with Crippen molar-refractivity contribution in [3.63, 3.8) is 0 Å². The molecule has 0 unspecified atom stereocenters. The average Bonchev–Trinajstić information content (AvgIpc) is 2.17. The molecule has 0 saturated heterocycles. The van der Waals surface area contributed by atoms with Gasteiger partial charge in [0.25, 0.3) is 0 Å². The number of nitrogens with zero attached hydrogens (tertiary/aromatic N) is 1. The molecule has 0 radical (unpaired) electrons. The molecule has 1 fully saturated rings. The third-order valence-electron chi connectivity index (χ3n) is 3.36. The van der Waals surface area contributed by atoms with Crippen molar-refractivity contribution in [3.05, 3.63) is 29.6 Å². The molecular weight excluding hydrogens is 184 g/mol. The average molecular weight is 204 g/mol. The maximum atomic E-state index is 4.37. The Kier molecular flexibility index (Phi) is 3.73. The summed E-state index contributed by atoms with van der Waals surface area (Å²) in [5, 5.41) is 3.48. The van der Waals surface area contributed by atoms with Crippen LogP contribution in [0.2, 0.25) is 0 Å². The molecule has 0 amide bonds. The van der Waals surface area contributed by atoms with Gasteiger partial charge in [-0.1, -0.05) is 25.3 Å². The van der Waals surface area contributed by atoms with E-state index in [1.54, 1.807) is 0 Å². The Labute approximate surface area is 92.1 Å². The predicted molar refractivity (Wildman–Crippen MR) is 62.6 cm³/mol. The van der Waals surface area contributed by atoms with Crippen molar-refractivity contribution in [3.8, 4) is 0 Å². The smallest absolute Gasteiger partial charge is 0.0570 e. The number of aromatic nitrogens is 1. The number of rotatable bonds is 5. The second-order valence-corrected chi connectivity index (χ2v) is 4.53. The van der Waals surface area contributed by atoms with E-state index in [0.29, 0.717) is 0 Å². The maximum Gasteiger partial charge on any atom is 0.0570 e. The normalized spacial score (nSPS) is 16.3. The van der Waals surface area contributed by atoms with Crippen LogP contribution in [0.25, 0.3) is 0 Å². The molecule has 2 rings (SSSR count). The van der Waals surface area contributed by atoms with Crippen LogP contribution in [0.3, 0.4) is 0 Å². The molecule has 15 heavy (non-hydrogen) atoms. The summed E-state index contributed by atoms with van der Waals surface area (Å²) in [5.74, 6) is 1.00. The highest BCUT2D eigenvalue weighted by Gasteiger charge is 2.16. The van der Waals surface area contributed by atoms with Crippen molar-refractivity contribution in [2.24, 2.45) is 5.92 Å². The molecule has 2 nitrogen and oxygen atoms in total. The summed E-state index contributed by atoms with van der Waals surface area (Å²) in [6.45, 7) is 4.18. The first-order chi connectivity index (χ1) is 7.36. The molecule has 1 N–H and O–H groups in total. The van der Waals surface area contributed by atoms with Crippen LogP contribution >= 0.6 is 0 Å². The van der Waals surface area contributed by atoms with E-state index >= 15 is 0 Å². The fraction of sp³-hybridized carbons (Fsp3) is 0.615. The molecular formula is C13H20N2. The number of hydrogen-bond donors (Lipinski definition) is 1. The zero-order valence-electron chi connectivity index (χ0n) is 9.50. The van der Waals surface area contributed by atoms with E-state index < -0.39 is 0 Å². The summed E-state index contributed by atoms with van der Waals surface area (Å²) in [6, 6.07) is 4.11. The van der Waals surface area contributed by atoms with Crippen molar-refractivity contribution in [1.82, 2.24) is 10.3 Å². The van der Waals surface area contributed by atoms with Gasteiger partial charge in [0.2, 0.25) is 0 Å². The van der Waals surface area contributed by atoms with Crippen molar-refractivity contribution in [2.45, 2.75) is 39.2 Å². The molecule has 1 aromatic heterocycles. The topological polar surface area (TPSA) is 24.9 Å². The van der Waals surface area contributed by atoms with Crippen LogP contribution < -0.4 is 5.32 Å². The first-order valence-corrected chi connectivity index (χ1v) is 5.97. The van der Waals surface area contributed by atoms with Crippen LogP contribution in [-0.2, 0) is 6.54 Å². The highest BCUT2D eigenvalue weighted by atomic mass is 14.9. The monoisotopic (exact) mass is 204 g/mol. The van der Waals surface area contributed by atoms with Crippen LogP contribution in [0.5, 0.6) is 0 Å². The second kappa shape index (κ2) is 5.26. The molecule has 0 spiro atoms. The van der Waals surface area contributed by atoms with Gasteiger partial charge in [0.1, 0.15) is 0 Å². The van der Waals surface area contributed by atoms with Gasteiger partial charge in [-0.25, -0.2) is 0 Å². The van der Waals surface area contributed by atoms with E-state index in [9.17, 15) is 0 Å². The van der Waals surface area contributed by atoms with Gasteiger partial charge in [0.15, 0.2) is 0 Å². The van der Waals surface area contributed by atoms with E-state index in [1.165, 1.54) is 36.9 Å². The standard InChI is InChI=1S/C13H20N2/c1-11-4-3-8-15-13(11)10-14-9-7-12-5-2-6-12/h3-4,8,12,14H,2,5-7,9-10H2,1H3. The molecule has 1 saturated carbocycles. The Hall–Kier alpha value is -0.890. The minimum atomic E-state index is 0.916. The third-order valence-corrected chi connectivity index (χ3v) is 3.36. The molecule has 0 bridgehead atoms. The molecule has 0 atom stereocenters. The van der Waals surface area contributed by atoms with Crippen molar-refractivity contribution < 1.29 is 0 Å². The first-order valence-electron chi connectivity index (χ1n) is 5.97. The van der Waals surface area contributed by atoms with E-state index in [1.807, 2.05) is 12.3 Å². The maximum absolute atomic E-state index is 4.37. The van der Waals surface area contributed by atoms with Crippen LogP contribution in [0.15, 0.2) is 18.3 Å². The van der Waals surface area contributed by atoms with E-state index in [-0.39, 0.29) is 0 Å². The van der Waals surface area contributed by atoms with Gasteiger partial charge in [-0.15, -0.1) is 0 Å². The lowest BCUT2D eigenvalue weighted by atomic mass is 9.83. The number of nitrogens with one attached hydrogen (secondary N) is 1. The van der Waals surface area contributed by atoms with Crippen LogP contribution in [0.4, 0.5) is 0 Å². The summed E-state index contributed by atoms with van der Waals surface area (Å²) in [4.78, 5) is 4.37. The van der Waals surface area contributed by atoms with Crippen LogP contribution in [0, 0.1) is 12.8 Å². The summed E-state index contributed by atoms with van der Waals surface area (Å²) in [6.07, 6.45) is 7.56. The molecule has 0 aromatic carbocycles. The van der Waals surface area contributed by atoms with Crippen molar-refractivity contribution >= 4 is 0 Å². The number of hydrogen-bond acceptors (Lipinski definition) is 2. The lowest BCUT2D eigenvalue weighted by Crippen LogP contribution is -2.21. The van der Waals surface area contributed by atoms with Gasteiger partial charge in [0.05, 0.1) is 5.69 Å². The minimum absolute atomic E-state index is 0.916. The first kappa shape index (κ1) is 10.6. The molecule has 0 aliphatic heterocycles. The van der Waals surface area contributed by atoms with Crippen molar-refractivity contribution in [1.29, 1.82) is 0 Å². The second-order valence-electron chi connectivity index (χ2n) is 4.53. The lowest BCUT2D eigenvalue weighted by Gasteiger charge is -2.25. The van der Waals surface area contributed by atoms with Gasteiger partial charge in [-0.2, -0.15) is 0 Å². The Balaban J connectivity index is 1.66. The Morgan fingerprint density at radius 2 is 2.33 bits per heavy atom. The zero-order chi connectivity index (χ0) is 10.5. The highest BCUT2D eigenvalue weighted by molar-refractivity contribution is 5.17. The largest absolute Gasteiger partial charge is 0.311 e. The van der Waals surface area contributed by atoms with E-state index in [2.05, 4.69) is 23.3 Å². The fourth-order valence-corrected chi connectivity index (χ4v) is 2.00. The Bertz CT molecular complexity index is 305. The minimum Gasteiger partial charge on any atom is -0.311 e. The molecule has 82 valence electrons. The van der Waals surface area contributed by atoms with Crippen molar-refractivity contribution in [2.75, 3.05) is 6.54 Å². The van der Waals surface area contributed by atoms with E-state index in [0.717, 1.165) is 19.0 Å². The Morgan fingerprint density at radius 3 is 3.00 bits per heavy atom. The van der Waals surface area contributed by atoms with Gasteiger partial charge in [-0.3, -0.25) is 4.98 Å². The summed E-state index contributed by atoms with van der Waals surface area (Å²) < 4.78 is 0. The number of pyridine rings is 1. The van der Waals surface area contributed by atoms with Crippen LogP contribution in [0.1, 0.15) is 36.9 Å². The molecule has 1 aliphatic carbocycles.